The number of hydrogen-bond donors (Lipinski definition) is 1. The molecule has 0 fully saturated rings. The monoisotopic (exact) mass is 693 g/mol. The number of amides is 2. The SMILES string of the molecule is CCCCNC(=O)[C@@H](Cc1ccccc1)N(Cc1c(Cl)cccc1Cl)C(=O)CN(c1ccc(C)cc1C)S(=O)(=O)c1ccc(C)cc1. The highest BCUT2D eigenvalue weighted by Gasteiger charge is 2.35. The van der Waals surface area contributed by atoms with Crippen molar-refractivity contribution in [2.45, 2.75) is 64.4 Å². The van der Waals surface area contributed by atoms with Crippen molar-refractivity contribution in [3.63, 3.8) is 0 Å². The zero-order valence-corrected chi connectivity index (χ0v) is 29.5. The molecular weight excluding hydrogens is 653 g/mol. The molecule has 0 aliphatic heterocycles. The maximum absolute atomic E-state index is 14.7. The molecule has 4 aromatic rings. The van der Waals surface area contributed by atoms with Gasteiger partial charge in [-0.25, -0.2) is 8.42 Å². The Morgan fingerprint density at radius 1 is 0.830 bits per heavy atom. The first-order valence-corrected chi connectivity index (χ1v) is 17.8. The predicted molar refractivity (Wildman–Crippen MR) is 190 cm³/mol. The Labute approximate surface area is 288 Å². The minimum atomic E-state index is -4.21. The van der Waals surface area contributed by atoms with Gasteiger partial charge in [-0.15, -0.1) is 0 Å². The number of carbonyl (C=O) groups excluding carboxylic acids is 2. The Morgan fingerprint density at radius 3 is 2.09 bits per heavy atom. The number of halogens is 2. The largest absolute Gasteiger partial charge is 0.354 e. The van der Waals surface area contributed by atoms with Crippen LogP contribution in [0.15, 0.2) is 95.9 Å². The number of benzene rings is 4. The minimum absolute atomic E-state index is 0.0507. The van der Waals surface area contributed by atoms with Gasteiger partial charge in [-0.2, -0.15) is 0 Å². The molecule has 47 heavy (non-hydrogen) atoms. The van der Waals surface area contributed by atoms with Crippen molar-refractivity contribution >= 4 is 50.7 Å². The molecule has 0 bridgehead atoms. The van der Waals surface area contributed by atoms with Gasteiger partial charge in [0.2, 0.25) is 11.8 Å². The second-order valence-corrected chi connectivity index (χ2v) is 14.4. The molecule has 7 nitrogen and oxygen atoms in total. The third-order valence-electron chi connectivity index (χ3n) is 8.00. The van der Waals surface area contributed by atoms with Gasteiger partial charge in [0.25, 0.3) is 10.0 Å². The molecule has 0 heterocycles. The number of nitrogens with one attached hydrogen (secondary N) is 1. The average Bonchev–Trinajstić information content (AvgIpc) is 3.03. The Kier molecular flexibility index (Phi) is 12.5. The molecule has 0 aromatic heterocycles. The van der Waals surface area contributed by atoms with E-state index >= 15 is 0 Å². The van der Waals surface area contributed by atoms with Gasteiger partial charge in [-0.3, -0.25) is 13.9 Å². The van der Waals surface area contributed by atoms with E-state index in [1.807, 2.05) is 70.2 Å². The fourth-order valence-electron chi connectivity index (χ4n) is 5.35. The van der Waals surface area contributed by atoms with Crippen LogP contribution in [0.5, 0.6) is 0 Å². The van der Waals surface area contributed by atoms with Crippen molar-refractivity contribution in [3.05, 3.63) is 129 Å². The van der Waals surface area contributed by atoms with Gasteiger partial charge < -0.3 is 10.2 Å². The second-order valence-electron chi connectivity index (χ2n) is 11.7. The summed E-state index contributed by atoms with van der Waals surface area (Å²) in [5.41, 5.74) is 4.21. The molecule has 0 aliphatic rings. The Bertz CT molecular complexity index is 1780. The van der Waals surface area contributed by atoms with Crippen LogP contribution in [0.1, 0.15) is 47.6 Å². The number of unbranched alkanes of at least 4 members (excludes halogenated alkanes) is 1. The first-order chi connectivity index (χ1) is 22.4. The van der Waals surface area contributed by atoms with E-state index in [1.165, 1.54) is 17.0 Å². The standard InChI is InChI=1S/C37H41Cl2N3O4S/c1-5-6-21-40-37(44)35(23-29-11-8-7-9-12-29)41(24-31-32(38)13-10-14-33(31)39)36(43)25-42(34-20-17-27(3)22-28(34)4)47(45,46)30-18-15-26(2)16-19-30/h7-20,22,35H,5-6,21,23-25H2,1-4H3,(H,40,44)/t35-/m1/s1. The summed E-state index contributed by atoms with van der Waals surface area (Å²) in [5.74, 6) is -0.929. The minimum Gasteiger partial charge on any atom is -0.354 e. The lowest BCUT2D eigenvalue weighted by molar-refractivity contribution is -0.140. The van der Waals surface area contributed by atoms with E-state index in [0.29, 0.717) is 33.4 Å². The highest BCUT2D eigenvalue weighted by molar-refractivity contribution is 7.92. The summed E-state index contributed by atoms with van der Waals surface area (Å²) >= 11 is 13.2. The molecule has 0 spiro atoms. The second kappa shape index (κ2) is 16.3. The van der Waals surface area contributed by atoms with E-state index in [4.69, 9.17) is 23.2 Å². The van der Waals surface area contributed by atoms with Crippen molar-refractivity contribution in [2.24, 2.45) is 0 Å². The smallest absolute Gasteiger partial charge is 0.264 e. The van der Waals surface area contributed by atoms with Crippen LogP contribution in [-0.4, -0.2) is 44.3 Å². The average molecular weight is 695 g/mol. The van der Waals surface area contributed by atoms with E-state index in [1.54, 1.807) is 36.4 Å². The number of nitrogens with zero attached hydrogens (tertiary/aromatic N) is 2. The molecule has 4 aromatic carbocycles. The molecule has 248 valence electrons. The highest BCUT2D eigenvalue weighted by Crippen LogP contribution is 2.30. The van der Waals surface area contributed by atoms with E-state index in [-0.39, 0.29) is 23.8 Å². The zero-order chi connectivity index (χ0) is 34.1. The first-order valence-electron chi connectivity index (χ1n) is 15.6. The molecule has 0 saturated heterocycles. The van der Waals surface area contributed by atoms with Gasteiger partial charge in [-0.05, 0) is 68.7 Å². The number of anilines is 1. The Balaban J connectivity index is 1.85. The third kappa shape index (κ3) is 9.15. The normalized spacial score (nSPS) is 12.0. The molecule has 0 unspecified atom stereocenters. The fourth-order valence-corrected chi connectivity index (χ4v) is 7.35. The van der Waals surface area contributed by atoms with Gasteiger partial charge in [0, 0.05) is 35.1 Å². The van der Waals surface area contributed by atoms with Gasteiger partial charge >= 0.3 is 0 Å². The molecule has 0 saturated carbocycles. The summed E-state index contributed by atoms with van der Waals surface area (Å²) in [7, 11) is -4.21. The molecular formula is C37H41Cl2N3O4S. The third-order valence-corrected chi connectivity index (χ3v) is 10.5. The number of aryl methyl sites for hydroxylation is 3. The lowest BCUT2D eigenvalue weighted by atomic mass is 10.0. The maximum atomic E-state index is 14.7. The molecule has 1 N–H and O–H groups in total. The van der Waals surface area contributed by atoms with Gasteiger partial charge in [-0.1, -0.05) is 108 Å². The molecule has 0 aliphatic carbocycles. The lowest BCUT2D eigenvalue weighted by Gasteiger charge is -2.34. The van der Waals surface area contributed by atoms with Crippen molar-refractivity contribution in [2.75, 3.05) is 17.4 Å². The molecule has 10 heteroatoms. The predicted octanol–water partition coefficient (Wildman–Crippen LogP) is 7.67. The van der Waals surface area contributed by atoms with Crippen LogP contribution in [0.25, 0.3) is 0 Å². The summed E-state index contributed by atoms with van der Waals surface area (Å²) in [5, 5.41) is 3.65. The van der Waals surface area contributed by atoms with Crippen LogP contribution in [0.2, 0.25) is 10.0 Å². The van der Waals surface area contributed by atoms with E-state index in [0.717, 1.165) is 33.8 Å². The summed E-state index contributed by atoms with van der Waals surface area (Å²) < 4.78 is 29.7. The lowest BCUT2D eigenvalue weighted by Crippen LogP contribution is -2.53. The van der Waals surface area contributed by atoms with Gasteiger partial charge in [0.15, 0.2) is 0 Å². The van der Waals surface area contributed by atoms with Crippen LogP contribution >= 0.6 is 23.2 Å². The number of carbonyl (C=O) groups is 2. The van der Waals surface area contributed by atoms with Crippen LogP contribution in [0.3, 0.4) is 0 Å². The highest BCUT2D eigenvalue weighted by atomic mass is 35.5. The van der Waals surface area contributed by atoms with Crippen LogP contribution in [-0.2, 0) is 32.6 Å². The fraction of sp³-hybridized carbons (Fsp3) is 0.297. The topological polar surface area (TPSA) is 86.8 Å². The van der Waals surface area contributed by atoms with Crippen molar-refractivity contribution in [1.82, 2.24) is 10.2 Å². The van der Waals surface area contributed by atoms with Gasteiger partial charge in [0.05, 0.1) is 10.6 Å². The summed E-state index contributed by atoms with van der Waals surface area (Å²) in [6.07, 6.45) is 1.84. The van der Waals surface area contributed by atoms with Crippen molar-refractivity contribution in [3.8, 4) is 0 Å². The van der Waals surface area contributed by atoms with E-state index < -0.39 is 28.5 Å². The quantitative estimate of drug-likeness (QED) is 0.137. The van der Waals surface area contributed by atoms with Crippen LogP contribution < -0.4 is 9.62 Å². The number of rotatable bonds is 14. The Hall–Kier alpha value is -3.85. The zero-order valence-electron chi connectivity index (χ0n) is 27.2. The summed E-state index contributed by atoms with van der Waals surface area (Å²) in [6, 6.07) is 25.3. The van der Waals surface area contributed by atoms with E-state index in [9.17, 15) is 18.0 Å². The first kappa shape index (κ1) is 36.0. The molecule has 2 amide bonds. The van der Waals surface area contributed by atoms with Crippen LogP contribution in [0, 0.1) is 20.8 Å². The van der Waals surface area contributed by atoms with Gasteiger partial charge in [0.1, 0.15) is 12.6 Å². The van der Waals surface area contributed by atoms with Crippen molar-refractivity contribution < 1.29 is 18.0 Å². The maximum Gasteiger partial charge on any atom is 0.264 e. The van der Waals surface area contributed by atoms with Crippen molar-refractivity contribution in [1.29, 1.82) is 0 Å². The number of sulfonamides is 1. The van der Waals surface area contributed by atoms with E-state index in [2.05, 4.69) is 5.32 Å². The molecule has 1 atom stereocenters. The number of hydrogen-bond acceptors (Lipinski definition) is 4. The molecule has 4 rings (SSSR count). The summed E-state index contributed by atoms with van der Waals surface area (Å²) in [6.45, 7) is 7.40. The Morgan fingerprint density at radius 2 is 1.47 bits per heavy atom. The van der Waals surface area contributed by atoms with Crippen LogP contribution in [0.4, 0.5) is 5.69 Å². The molecule has 0 radical (unpaired) electrons. The summed E-state index contributed by atoms with van der Waals surface area (Å²) in [4.78, 5) is 30.1.